The molecule has 1 rings (SSSR count). The zero-order chi connectivity index (χ0) is 15.0. The van der Waals surface area contributed by atoms with Crippen molar-refractivity contribution in [3.05, 3.63) is 23.8 Å². The fourth-order valence-corrected chi connectivity index (χ4v) is 2.25. The quantitative estimate of drug-likeness (QED) is 0.416. The summed E-state index contributed by atoms with van der Waals surface area (Å²) >= 11 is 1.30. The number of ether oxygens (including phenoxy) is 1. The Labute approximate surface area is 122 Å². The van der Waals surface area contributed by atoms with Crippen LogP contribution in [0.15, 0.2) is 23.1 Å². The molecule has 0 radical (unpaired) electrons. The Morgan fingerprint density at radius 3 is 2.85 bits per heavy atom. The molecule has 0 fully saturated rings. The van der Waals surface area contributed by atoms with Crippen LogP contribution in [-0.2, 0) is 9.53 Å². The summed E-state index contributed by atoms with van der Waals surface area (Å²) in [5.41, 5.74) is 7.53. The van der Waals surface area contributed by atoms with Crippen molar-refractivity contribution in [2.75, 3.05) is 31.7 Å². The van der Waals surface area contributed by atoms with Gasteiger partial charge in [-0.2, -0.15) is 0 Å². The molecule has 20 heavy (non-hydrogen) atoms. The van der Waals surface area contributed by atoms with E-state index >= 15 is 0 Å². The molecule has 3 amide bonds. The van der Waals surface area contributed by atoms with E-state index in [2.05, 4.69) is 10.6 Å². The lowest BCUT2D eigenvalue weighted by Gasteiger charge is -2.08. The van der Waals surface area contributed by atoms with Crippen molar-refractivity contribution in [3.8, 4) is 0 Å². The number of para-hydroxylation sites is 1. The van der Waals surface area contributed by atoms with Gasteiger partial charge in [-0.05, 0) is 18.6 Å². The van der Waals surface area contributed by atoms with Crippen LogP contribution in [0.3, 0.4) is 0 Å². The van der Waals surface area contributed by atoms with E-state index in [1.54, 1.807) is 0 Å². The van der Waals surface area contributed by atoms with E-state index in [0.29, 0.717) is 18.8 Å². The van der Waals surface area contributed by atoms with E-state index in [1.165, 1.54) is 18.9 Å². The van der Waals surface area contributed by atoms with Gasteiger partial charge >= 0.3 is 6.03 Å². The number of urea groups is 1. The van der Waals surface area contributed by atoms with Crippen molar-refractivity contribution < 1.29 is 14.3 Å². The topological polar surface area (TPSA) is 93.5 Å². The van der Waals surface area contributed by atoms with Gasteiger partial charge in [0.05, 0.1) is 12.4 Å². The van der Waals surface area contributed by atoms with E-state index in [0.717, 1.165) is 10.5 Å². The monoisotopic (exact) mass is 297 g/mol. The molecule has 0 bridgehead atoms. The highest BCUT2D eigenvalue weighted by Gasteiger charge is 2.09. The van der Waals surface area contributed by atoms with Gasteiger partial charge in [0.15, 0.2) is 0 Å². The number of nitrogen functional groups attached to an aromatic ring is 1. The summed E-state index contributed by atoms with van der Waals surface area (Å²) in [6.07, 6.45) is 0. The molecule has 0 aliphatic carbocycles. The SMILES string of the molecule is COCCNC(=O)NC(=O)CSc1cccc(C)c1N. The third-order valence-electron chi connectivity index (χ3n) is 2.49. The molecular weight excluding hydrogens is 278 g/mol. The molecule has 1 aromatic carbocycles. The van der Waals surface area contributed by atoms with Crippen LogP contribution in [0.5, 0.6) is 0 Å². The largest absolute Gasteiger partial charge is 0.398 e. The molecule has 6 nitrogen and oxygen atoms in total. The van der Waals surface area contributed by atoms with Crippen molar-refractivity contribution in [2.24, 2.45) is 0 Å². The lowest BCUT2D eigenvalue weighted by molar-refractivity contribution is -0.117. The first kappa shape index (κ1) is 16.3. The van der Waals surface area contributed by atoms with E-state index in [1.807, 2.05) is 25.1 Å². The van der Waals surface area contributed by atoms with Crippen LogP contribution in [0.1, 0.15) is 5.56 Å². The molecule has 0 saturated heterocycles. The molecular formula is C13H19N3O3S. The van der Waals surface area contributed by atoms with Crippen molar-refractivity contribution >= 4 is 29.4 Å². The molecule has 4 N–H and O–H groups in total. The molecule has 0 atom stereocenters. The number of nitrogens with one attached hydrogen (secondary N) is 2. The van der Waals surface area contributed by atoms with E-state index in [4.69, 9.17) is 10.5 Å². The number of amides is 3. The minimum Gasteiger partial charge on any atom is -0.398 e. The van der Waals surface area contributed by atoms with Gasteiger partial charge in [-0.15, -0.1) is 11.8 Å². The smallest absolute Gasteiger partial charge is 0.321 e. The van der Waals surface area contributed by atoms with Gasteiger partial charge in [0.1, 0.15) is 0 Å². The molecule has 1 aromatic rings. The lowest BCUT2D eigenvalue weighted by atomic mass is 10.2. The van der Waals surface area contributed by atoms with Crippen molar-refractivity contribution in [1.82, 2.24) is 10.6 Å². The molecule has 0 aliphatic heterocycles. The fraction of sp³-hybridized carbons (Fsp3) is 0.385. The summed E-state index contributed by atoms with van der Waals surface area (Å²) in [7, 11) is 1.54. The number of benzene rings is 1. The number of carbonyl (C=O) groups excluding carboxylic acids is 2. The van der Waals surface area contributed by atoms with Crippen LogP contribution in [0, 0.1) is 6.92 Å². The van der Waals surface area contributed by atoms with Gasteiger partial charge in [0, 0.05) is 24.2 Å². The van der Waals surface area contributed by atoms with Gasteiger partial charge in [0.2, 0.25) is 5.91 Å². The average molecular weight is 297 g/mol. The number of methoxy groups -OCH3 is 1. The van der Waals surface area contributed by atoms with Crippen LogP contribution in [-0.4, -0.2) is 38.0 Å². The Kier molecular flexibility index (Phi) is 6.89. The maximum atomic E-state index is 11.6. The standard InChI is InChI=1S/C13H19N3O3S/c1-9-4-3-5-10(12(9)14)20-8-11(17)16-13(18)15-6-7-19-2/h3-5H,6-8,14H2,1-2H3,(H2,15,16,17,18). The van der Waals surface area contributed by atoms with E-state index in [9.17, 15) is 9.59 Å². The van der Waals surface area contributed by atoms with Crippen LogP contribution in [0.25, 0.3) is 0 Å². The van der Waals surface area contributed by atoms with Gasteiger partial charge in [-0.25, -0.2) is 4.79 Å². The second-order valence-electron chi connectivity index (χ2n) is 4.07. The Morgan fingerprint density at radius 1 is 1.40 bits per heavy atom. The first-order valence-corrected chi connectivity index (χ1v) is 7.07. The molecule has 0 heterocycles. The Hall–Kier alpha value is -1.73. The van der Waals surface area contributed by atoms with Crippen molar-refractivity contribution in [3.63, 3.8) is 0 Å². The van der Waals surface area contributed by atoms with Crippen LogP contribution < -0.4 is 16.4 Å². The predicted octanol–water partition coefficient (Wildman–Crippen LogP) is 1.14. The average Bonchev–Trinajstić information content (AvgIpc) is 2.41. The summed E-state index contributed by atoms with van der Waals surface area (Å²) in [6, 6.07) is 5.11. The highest BCUT2D eigenvalue weighted by Crippen LogP contribution is 2.26. The molecule has 110 valence electrons. The molecule has 7 heteroatoms. The van der Waals surface area contributed by atoms with Gasteiger partial charge in [-0.1, -0.05) is 12.1 Å². The third kappa shape index (κ3) is 5.50. The summed E-state index contributed by atoms with van der Waals surface area (Å²) in [5, 5.41) is 4.74. The second kappa shape index (κ2) is 8.44. The maximum absolute atomic E-state index is 11.6. The number of hydrogen-bond acceptors (Lipinski definition) is 5. The number of imide groups is 1. The number of rotatable bonds is 6. The summed E-state index contributed by atoms with van der Waals surface area (Å²) in [6.45, 7) is 2.66. The van der Waals surface area contributed by atoms with E-state index < -0.39 is 6.03 Å². The van der Waals surface area contributed by atoms with Crippen molar-refractivity contribution in [2.45, 2.75) is 11.8 Å². The molecule has 0 spiro atoms. The summed E-state index contributed by atoms with van der Waals surface area (Å²) in [5.74, 6) is -0.239. The van der Waals surface area contributed by atoms with Crippen molar-refractivity contribution in [1.29, 1.82) is 0 Å². The molecule has 0 unspecified atom stereocenters. The number of carbonyl (C=O) groups is 2. The van der Waals surface area contributed by atoms with Crippen LogP contribution in [0.2, 0.25) is 0 Å². The minimum absolute atomic E-state index is 0.130. The maximum Gasteiger partial charge on any atom is 0.321 e. The van der Waals surface area contributed by atoms with Gasteiger partial charge < -0.3 is 15.8 Å². The van der Waals surface area contributed by atoms with E-state index in [-0.39, 0.29) is 11.7 Å². The number of thioether (sulfide) groups is 1. The number of aryl methyl sites for hydroxylation is 1. The fourth-order valence-electron chi connectivity index (χ4n) is 1.40. The van der Waals surface area contributed by atoms with Gasteiger partial charge in [-0.3, -0.25) is 10.1 Å². The zero-order valence-corrected chi connectivity index (χ0v) is 12.4. The molecule has 0 aromatic heterocycles. The van der Waals surface area contributed by atoms with Gasteiger partial charge in [0.25, 0.3) is 0 Å². The Morgan fingerprint density at radius 2 is 2.15 bits per heavy atom. The number of nitrogens with two attached hydrogens (primary N) is 1. The summed E-state index contributed by atoms with van der Waals surface area (Å²) < 4.78 is 4.78. The lowest BCUT2D eigenvalue weighted by Crippen LogP contribution is -2.41. The Balaban J connectivity index is 2.36. The first-order valence-electron chi connectivity index (χ1n) is 6.09. The number of anilines is 1. The van der Waals surface area contributed by atoms with Crippen LogP contribution >= 0.6 is 11.8 Å². The third-order valence-corrected chi connectivity index (χ3v) is 3.56. The summed E-state index contributed by atoms with van der Waals surface area (Å²) in [4.78, 5) is 23.8. The number of hydrogen-bond donors (Lipinski definition) is 3. The molecule has 0 aliphatic rings. The Bertz CT molecular complexity index is 480. The highest BCUT2D eigenvalue weighted by molar-refractivity contribution is 8.00. The molecule has 0 saturated carbocycles. The normalized spacial score (nSPS) is 10.1. The predicted molar refractivity (Wildman–Crippen MR) is 79.7 cm³/mol. The minimum atomic E-state index is -0.523. The van der Waals surface area contributed by atoms with Crippen LogP contribution in [0.4, 0.5) is 10.5 Å². The second-order valence-corrected chi connectivity index (χ2v) is 5.09. The highest BCUT2D eigenvalue weighted by atomic mass is 32.2. The zero-order valence-electron chi connectivity index (χ0n) is 11.6. The first-order chi connectivity index (χ1) is 9.54.